The van der Waals surface area contributed by atoms with E-state index in [2.05, 4.69) is 26.5 Å². The van der Waals surface area contributed by atoms with Gasteiger partial charge in [0.2, 0.25) is 0 Å². The van der Waals surface area contributed by atoms with E-state index >= 15 is 0 Å². The number of methoxy groups -OCH3 is 2. The zero-order chi connectivity index (χ0) is 27.6. The van der Waals surface area contributed by atoms with Crippen molar-refractivity contribution in [3.8, 4) is 11.5 Å². The summed E-state index contributed by atoms with van der Waals surface area (Å²) in [5, 5.41) is 6.39. The molecular weight excluding hydrogens is 551 g/mol. The highest BCUT2D eigenvalue weighted by Gasteiger charge is 2.20. The van der Waals surface area contributed by atoms with Gasteiger partial charge in [-0.05, 0) is 80.1 Å². The van der Waals surface area contributed by atoms with Gasteiger partial charge in [-0.25, -0.2) is 0 Å². The van der Waals surface area contributed by atoms with Crippen LogP contribution in [0.2, 0.25) is 5.02 Å². The second kappa shape index (κ2) is 15.4. The lowest BCUT2D eigenvalue weighted by Crippen LogP contribution is -2.46. The van der Waals surface area contributed by atoms with Crippen LogP contribution in [-0.2, 0) is 0 Å². The first-order valence-corrected chi connectivity index (χ1v) is 13.5. The summed E-state index contributed by atoms with van der Waals surface area (Å²) < 4.78 is 10.9. The molecule has 3 aromatic rings. The van der Waals surface area contributed by atoms with Gasteiger partial charge in [0.1, 0.15) is 11.5 Å². The third-order valence-corrected chi connectivity index (χ3v) is 7.05. The molecule has 2 N–H and O–H groups in total. The molecule has 1 fully saturated rings. The Morgan fingerprint density at radius 2 is 1.48 bits per heavy atom. The van der Waals surface area contributed by atoms with E-state index in [9.17, 15) is 9.59 Å². The number of carbonyl (C=O) groups excluding carboxylic acids is 2. The maximum absolute atomic E-state index is 12.5. The van der Waals surface area contributed by atoms with Crippen LogP contribution in [-0.4, -0.2) is 70.2 Å². The summed E-state index contributed by atoms with van der Waals surface area (Å²) in [6.07, 6.45) is 1.93. The molecule has 0 spiro atoms. The Morgan fingerprint density at radius 3 is 2.12 bits per heavy atom. The third-order valence-electron chi connectivity index (χ3n) is 6.80. The zero-order valence-electron chi connectivity index (χ0n) is 22.8. The molecule has 1 aliphatic heterocycles. The quantitative estimate of drug-likeness (QED) is 0.294. The van der Waals surface area contributed by atoms with Gasteiger partial charge in [-0.15, -0.1) is 12.4 Å². The van der Waals surface area contributed by atoms with Gasteiger partial charge in [-0.2, -0.15) is 0 Å². The Kier molecular flexibility index (Phi) is 11.9. The van der Waals surface area contributed by atoms with Crippen LogP contribution in [0.4, 0.5) is 11.4 Å². The highest BCUT2D eigenvalue weighted by molar-refractivity contribution is 6.30. The molecule has 10 heteroatoms. The van der Waals surface area contributed by atoms with Gasteiger partial charge in [0.15, 0.2) is 0 Å². The fraction of sp³-hybridized carbons (Fsp3) is 0.333. The molecule has 1 saturated heterocycles. The van der Waals surface area contributed by atoms with Crippen molar-refractivity contribution in [1.82, 2.24) is 10.2 Å². The molecule has 0 radical (unpaired) electrons. The van der Waals surface area contributed by atoms with Crippen LogP contribution in [0.25, 0.3) is 0 Å². The number of halogens is 2. The highest BCUT2D eigenvalue weighted by atomic mass is 35.5. The van der Waals surface area contributed by atoms with Gasteiger partial charge in [0, 0.05) is 60.6 Å². The first-order chi connectivity index (χ1) is 19.0. The number of piperazine rings is 1. The van der Waals surface area contributed by atoms with Crippen LogP contribution in [0, 0.1) is 0 Å². The van der Waals surface area contributed by atoms with Gasteiger partial charge >= 0.3 is 0 Å². The number of nitrogens with one attached hydrogen (secondary N) is 2. The average Bonchev–Trinajstić information content (AvgIpc) is 2.97. The molecule has 0 bridgehead atoms. The molecule has 8 nitrogen and oxygen atoms in total. The Bertz CT molecular complexity index is 1250. The van der Waals surface area contributed by atoms with Gasteiger partial charge in [-0.1, -0.05) is 11.6 Å². The molecule has 0 saturated carbocycles. The molecule has 214 valence electrons. The summed E-state index contributed by atoms with van der Waals surface area (Å²) in [4.78, 5) is 29.7. The first-order valence-electron chi connectivity index (χ1n) is 13.1. The largest absolute Gasteiger partial charge is 0.497 e. The minimum Gasteiger partial charge on any atom is -0.497 e. The molecule has 0 unspecified atom stereocenters. The van der Waals surface area contributed by atoms with Crippen LogP contribution in [0.1, 0.15) is 33.6 Å². The van der Waals surface area contributed by atoms with Crippen molar-refractivity contribution in [1.29, 1.82) is 0 Å². The number of anilines is 2. The molecule has 0 aliphatic carbocycles. The lowest BCUT2D eigenvalue weighted by Gasteiger charge is -2.36. The lowest BCUT2D eigenvalue weighted by molar-refractivity contribution is 0.0952. The molecule has 3 aromatic carbocycles. The summed E-state index contributed by atoms with van der Waals surface area (Å²) in [7, 11) is 3.34. The number of benzene rings is 3. The minimum atomic E-state index is -0.231. The molecule has 0 aromatic heterocycles. The minimum absolute atomic E-state index is 0. The maximum Gasteiger partial charge on any atom is 0.255 e. The van der Waals surface area contributed by atoms with Crippen LogP contribution in [0.5, 0.6) is 11.5 Å². The van der Waals surface area contributed by atoms with Crippen LogP contribution in [0.3, 0.4) is 0 Å². The predicted molar refractivity (Wildman–Crippen MR) is 163 cm³/mol. The number of unbranched alkanes of at least 4 members (excludes halogenated alkanes) is 1. The van der Waals surface area contributed by atoms with Gasteiger partial charge in [-0.3, -0.25) is 14.5 Å². The number of ether oxygens (including phenoxy) is 2. The predicted octanol–water partition coefficient (Wildman–Crippen LogP) is 5.36. The van der Waals surface area contributed by atoms with Gasteiger partial charge in [0.25, 0.3) is 11.8 Å². The van der Waals surface area contributed by atoms with E-state index in [0.717, 1.165) is 62.8 Å². The van der Waals surface area contributed by atoms with Crippen molar-refractivity contribution in [3.05, 3.63) is 82.9 Å². The number of carbonyl (C=O) groups is 2. The third kappa shape index (κ3) is 8.52. The molecular formula is C30H36Cl2N4O4. The second-order valence-corrected chi connectivity index (χ2v) is 9.80. The van der Waals surface area contributed by atoms with Crippen molar-refractivity contribution in [3.63, 3.8) is 0 Å². The Labute approximate surface area is 247 Å². The molecule has 40 heavy (non-hydrogen) atoms. The summed E-state index contributed by atoms with van der Waals surface area (Å²) in [5.41, 5.74) is 2.79. The van der Waals surface area contributed by atoms with Gasteiger partial charge in [0.05, 0.1) is 19.9 Å². The molecule has 4 rings (SSSR count). The standard InChI is InChI=1S/C30H35ClN4O4.ClH/c1-38-26-13-14-27(28(21-26)39-2)35-19-17-34(18-20-35)16-4-3-15-32-29(36)22-7-11-25(12-8-22)33-30(37)23-5-9-24(31)10-6-23;/h5-14,21H,3-4,15-20H2,1-2H3,(H,32,36)(H,33,37);1H. The van der Waals surface area contributed by atoms with E-state index in [0.29, 0.717) is 28.4 Å². The smallest absolute Gasteiger partial charge is 0.255 e. The normalized spacial score (nSPS) is 13.2. The number of nitrogens with zero attached hydrogens (tertiary/aromatic N) is 2. The van der Waals surface area contributed by atoms with Crippen molar-refractivity contribution < 1.29 is 19.1 Å². The zero-order valence-corrected chi connectivity index (χ0v) is 24.4. The van der Waals surface area contributed by atoms with E-state index in [1.807, 2.05) is 12.1 Å². The van der Waals surface area contributed by atoms with Crippen molar-refractivity contribution in [2.24, 2.45) is 0 Å². The summed E-state index contributed by atoms with van der Waals surface area (Å²) >= 11 is 5.87. The van der Waals surface area contributed by atoms with Crippen molar-refractivity contribution in [2.75, 3.05) is 63.7 Å². The lowest BCUT2D eigenvalue weighted by atomic mass is 10.1. The first kappa shape index (κ1) is 31.1. The van der Waals surface area contributed by atoms with E-state index in [-0.39, 0.29) is 24.2 Å². The summed E-state index contributed by atoms with van der Waals surface area (Å²) in [6.45, 7) is 5.48. The fourth-order valence-corrected chi connectivity index (χ4v) is 4.66. The molecule has 1 aliphatic rings. The van der Waals surface area contributed by atoms with E-state index in [4.69, 9.17) is 21.1 Å². The van der Waals surface area contributed by atoms with Crippen LogP contribution >= 0.6 is 24.0 Å². The Morgan fingerprint density at radius 1 is 0.825 bits per heavy atom. The summed E-state index contributed by atoms with van der Waals surface area (Å²) in [6, 6.07) is 19.5. The SMILES string of the molecule is COc1ccc(N2CCN(CCCCNC(=O)c3ccc(NC(=O)c4ccc(Cl)cc4)cc3)CC2)c(OC)c1.Cl. The van der Waals surface area contributed by atoms with E-state index in [1.54, 1.807) is 62.8 Å². The number of amides is 2. The number of hydrogen-bond acceptors (Lipinski definition) is 6. The van der Waals surface area contributed by atoms with Crippen LogP contribution in [0.15, 0.2) is 66.7 Å². The Balaban J connectivity index is 0.00000441. The van der Waals surface area contributed by atoms with E-state index < -0.39 is 0 Å². The Hall–Kier alpha value is -3.46. The van der Waals surface area contributed by atoms with Gasteiger partial charge < -0.3 is 25.0 Å². The highest BCUT2D eigenvalue weighted by Crippen LogP contribution is 2.32. The average molecular weight is 588 g/mol. The van der Waals surface area contributed by atoms with Crippen molar-refractivity contribution in [2.45, 2.75) is 12.8 Å². The molecule has 0 atom stereocenters. The number of rotatable bonds is 11. The second-order valence-electron chi connectivity index (χ2n) is 9.37. The fourth-order valence-electron chi connectivity index (χ4n) is 4.53. The van der Waals surface area contributed by atoms with E-state index in [1.165, 1.54) is 0 Å². The monoisotopic (exact) mass is 586 g/mol. The molecule has 2 amide bonds. The number of hydrogen-bond donors (Lipinski definition) is 2. The summed E-state index contributed by atoms with van der Waals surface area (Å²) in [5.74, 6) is 1.27. The van der Waals surface area contributed by atoms with Crippen molar-refractivity contribution >= 4 is 47.2 Å². The topological polar surface area (TPSA) is 83.1 Å². The maximum atomic E-state index is 12.5. The molecule has 1 heterocycles. The van der Waals surface area contributed by atoms with Crippen LogP contribution < -0.4 is 25.0 Å².